The highest BCUT2D eigenvalue weighted by Gasteiger charge is 2.15. The fraction of sp³-hybridized carbons (Fsp3) is 0.833. The summed E-state index contributed by atoms with van der Waals surface area (Å²) in [7, 11) is 0. The standard InChI is InChI=1S/C12H24N4O2/c1-2-3-4-11-14-8-10-16(11)9-7-13-6-5-12(17)15-18/h13,18H,2-10H2,1H3,(H,15,17). The lowest BCUT2D eigenvalue weighted by molar-refractivity contribution is -0.129. The van der Waals surface area contributed by atoms with E-state index in [0.717, 1.165) is 32.6 Å². The Bertz CT molecular complexity index is 281. The van der Waals surface area contributed by atoms with Crippen LogP contribution in [0.15, 0.2) is 4.99 Å². The van der Waals surface area contributed by atoms with Crippen molar-refractivity contribution in [3.05, 3.63) is 0 Å². The molecular formula is C12H24N4O2. The second kappa shape index (κ2) is 8.88. The van der Waals surface area contributed by atoms with Crippen molar-refractivity contribution in [1.82, 2.24) is 15.7 Å². The molecule has 0 fully saturated rings. The molecular weight excluding hydrogens is 232 g/mol. The second-order valence-corrected chi connectivity index (χ2v) is 4.42. The molecule has 1 amide bonds. The molecule has 0 aliphatic carbocycles. The maximum atomic E-state index is 10.8. The van der Waals surface area contributed by atoms with Crippen molar-refractivity contribution in [2.24, 2.45) is 4.99 Å². The number of aliphatic imine (C=N–C) groups is 1. The van der Waals surface area contributed by atoms with Gasteiger partial charge in [-0.05, 0) is 6.42 Å². The van der Waals surface area contributed by atoms with Crippen LogP contribution < -0.4 is 10.8 Å². The molecule has 0 aromatic carbocycles. The highest BCUT2D eigenvalue weighted by atomic mass is 16.5. The quantitative estimate of drug-likeness (QED) is 0.316. The third-order valence-electron chi connectivity index (χ3n) is 3.00. The average Bonchev–Trinajstić information content (AvgIpc) is 2.83. The summed E-state index contributed by atoms with van der Waals surface area (Å²) in [5.74, 6) is 0.876. The van der Waals surface area contributed by atoms with Crippen LogP contribution in [0.3, 0.4) is 0 Å². The zero-order valence-corrected chi connectivity index (χ0v) is 11.1. The van der Waals surface area contributed by atoms with E-state index in [4.69, 9.17) is 5.21 Å². The van der Waals surface area contributed by atoms with E-state index in [1.54, 1.807) is 5.48 Å². The van der Waals surface area contributed by atoms with Gasteiger partial charge in [-0.2, -0.15) is 0 Å². The summed E-state index contributed by atoms with van der Waals surface area (Å²) < 4.78 is 0. The number of rotatable bonds is 9. The molecule has 0 aromatic rings. The molecule has 18 heavy (non-hydrogen) atoms. The van der Waals surface area contributed by atoms with Crippen molar-refractivity contribution in [1.29, 1.82) is 0 Å². The van der Waals surface area contributed by atoms with Crippen molar-refractivity contribution in [2.45, 2.75) is 32.6 Å². The van der Waals surface area contributed by atoms with Gasteiger partial charge in [-0.25, -0.2) is 5.48 Å². The van der Waals surface area contributed by atoms with Crippen molar-refractivity contribution in [2.75, 3.05) is 32.7 Å². The number of hydrogen-bond donors (Lipinski definition) is 3. The van der Waals surface area contributed by atoms with Gasteiger partial charge in [0.15, 0.2) is 0 Å². The number of carbonyl (C=O) groups is 1. The molecule has 0 bridgehead atoms. The summed E-state index contributed by atoms with van der Waals surface area (Å²) in [5.41, 5.74) is 1.62. The van der Waals surface area contributed by atoms with E-state index in [9.17, 15) is 4.79 Å². The van der Waals surface area contributed by atoms with Crippen molar-refractivity contribution in [3.63, 3.8) is 0 Å². The normalized spacial score (nSPS) is 14.8. The molecule has 0 atom stereocenters. The Hall–Kier alpha value is -1.14. The number of nitrogens with one attached hydrogen (secondary N) is 2. The summed E-state index contributed by atoms with van der Waals surface area (Å²) in [6.45, 7) is 6.46. The predicted molar refractivity (Wildman–Crippen MR) is 70.8 cm³/mol. The first-order chi connectivity index (χ1) is 8.77. The monoisotopic (exact) mass is 256 g/mol. The third kappa shape index (κ3) is 5.46. The van der Waals surface area contributed by atoms with E-state index < -0.39 is 0 Å². The summed E-state index contributed by atoms with van der Waals surface area (Å²) >= 11 is 0. The molecule has 0 unspecified atom stereocenters. The molecule has 0 saturated carbocycles. The van der Waals surface area contributed by atoms with Crippen LogP contribution in [0.1, 0.15) is 32.6 Å². The molecule has 1 heterocycles. The smallest absolute Gasteiger partial charge is 0.244 e. The summed E-state index contributed by atoms with van der Waals surface area (Å²) in [6, 6.07) is 0. The Morgan fingerprint density at radius 2 is 2.33 bits per heavy atom. The van der Waals surface area contributed by atoms with E-state index in [1.165, 1.54) is 18.7 Å². The Kier molecular flexibility index (Phi) is 7.36. The first-order valence-electron chi connectivity index (χ1n) is 6.69. The van der Waals surface area contributed by atoms with Gasteiger partial charge < -0.3 is 10.2 Å². The topological polar surface area (TPSA) is 77.0 Å². The van der Waals surface area contributed by atoms with Crippen LogP contribution in [0.25, 0.3) is 0 Å². The highest BCUT2D eigenvalue weighted by molar-refractivity contribution is 5.83. The lowest BCUT2D eigenvalue weighted by Crippen LogP contribution is -2.35. The summed E-state index contributed by atoms with van der Waals surface area (Å²) in [6.07, 6.45) is 3.76. The number of amidine groups is 1. The first kappa shape index (κ1) is 14.9. The molecule has 6 heteroatoms. The molecule has 6 nitrogen and oxygen atoms in total. The van der Waals surface area contributed by atoms with Gasteiger partial charge in [-0.15, -0.1) is 0 Å². The van der Waals surface area contributed by atoms with Crippen LogP contribution in [-0.4, -0.2) is 54.6 Å². The molecule has 1 rings (SSSR count). The van der Waals surface area contributed by atoms with Gasteiger partial charge in [0.1, 0.15) is 0 Å². The van der Waals surface area contributed by atoms with Gasteiger partial charge in [0.25, 0.3) is 0 Å². The Labute approximate surface area is 108 Å². The molecule has 0 radical (unpaired) electrons. The number of hydroxylamine groups is 1. The predicted octanol–water partition coefficient (Wildman–Crippen LogP) is 0.376. The van der Waals surface area contributed by atoms with Crippen LogP contribution in [0.5, 0.6) is 0 Å². The van der Waals surface area contributed by atoms with Crippen molar-refractivity contribution >= 4 is 11.7 Å². The van der Waals surface area contributed by atoms with Gasteiger partial charge in [0, 0.05) is 39.0 Å². The van der Waals surface area contributed by atoms with E-state index >= 15 is 0 Å². The van der Waals surface area contributed by atoms with Crippen LogP contribution >= 0.6 is 0 Å². The maximum absolute atomic E-state index is 10.8. The third-order valence-corrected chi connectivity index (χ3v) is 3.00. The second-order valence-electron chi connectivity index (χ2n) is 4.42. The fourth-order valence-electron chi connectivity index (χ4n) is 1.94. The first-order valence-corrected chi connectivity index (χ1v) is 6.69. The molecule has 3 N–H and O–H groups in total. The number of unbranched alkanes of at least 4 members (excludes halogenated alkanes) is 1. The summed E-state index contributed by atoms with van der Waals surface area (Å²) in [4.78, 5) is 17.6. The lowest BCUT2D eigenvalue weighted by Gasteiger charge is -2.20. The Balaban J connectivity index is 2.08. The van der Waals surface area contributed by atoms with E-state index in [-0.39, 0.29) is 5.91 Å². The fourth-order valence-corrected chi connectivity index (χ4v) is 1.94. The Morgan fingerprint density at radius 3 is 3.06 bits per heavy atom. The molecule has 104 valence electrons. The van der Waals surface area contributed by atoms with Gasteiger partial charge >= 0.3 is 0 Å². The maximum Gasteiger partial charge on any atom is 0.244 e. The SMILES string of the molecule is CCCCC1=NCCN1CCNCCC(=O)NO. The number of nitrogens with zero attached hydrogens (tertiary/aromatic N) is 2. The Morgan fingerprint density at radius 1 is 1.50 bits per heavy atom. The van der Waals surface area contributed by atoms with Crippen LogP contribution in [0.2, 0.25) is 0 Å². The molecule has 0 aromatic heterocycles. The molecule has 1 aliphatic heterocycles. The summed E-state index contributed by atoms with van der Waals surface area (Å²) in [5, 5.41) is 11.5. The minimum atomic E-state index is -0.353. The van der Waals surface area contributed by atoms with Gasteiger partial charge in [0.2, 0.25) is 5.91 Å². The van der Waals surface area contributed by atoms with Gasteiger partial charge in [-0.1, -0.05) is 13.3 Å². The lowest BCUT2D eigenvalue weighted by atomic mass is 10.2. The molecule has 1 aliphatic rings. The average molecular weight is 256 g/mol. The van der Waals surface area contributed by atoms with Crippen molar-refractivity contribution in [3.8, 4) is 0 Å². The molecule has 0 saturated heterocycles. The number of carbonyl (C=O) groups excluding carboxylic acids is 1. The minimum absolute atomic E-state index is 0.299. The van der Waals surface area contributed by atoms with Gasteiger partial charge in [0.05, 0.1) is 12.4 Å². The van der Waals surface area contributed by atoms with Crippen LogP contribution in [-0.2, 0) is 4.79 Å². The van der Waals surface area contributed by atoms with E-state index in [2.05, 4.69) is 22.1 Å². The molecule has 0 spiro atoms. The van der Waals surface area contributed by atoms with Crippen LogP contribution in [0.4, 0.5) is 0 Å². The van der Waals surface area contributed by atoms with E-state index in [0.29, 0.717) is 13.0 Å². The zero-order chi connectivity index (χ0) is 13.2. The minimum Gasteiger partial charge on any atom is -0.357 e. The number of hydrogen-bond acceptors (Lipinski definition) is 5. The van der Waals surface area contributed by atoms with Crippen molar-refractivity contribution < 1.29 is 10.0 Å². The number of amides is 1. The van der Waals surface area contributed by atoms with Crippen LogP contribution in [0, 0.1) is 0 Å². The van der Waals surface area contributed by atoms with Gasteiger partial charge in [-0.3, -0.25) is 15.0 Å². The van der Waals surface area contributed by atoms with E-state index in [1.807, 2.05) is 0 Å². The highest BCUT2D eigenvalue weighted by Crippen LogP contribution is 2.07. The largest absolute Gasteiger partial charge is 0.357 e. The zero-order valence-electron chi connectivity index (χ0n) is 11.1.